The van der Waals surface area contributed by atoms with E-state index in [1.807, 2.05) is 24.3 Å². The molecule has 0 aliphatic rings. The van der Waals surface area contributed by atoms with E-state index < -0.39 is 0 Å². The molecular weight excluding hydrogens is 242 g/mol. The van der Waals surface area contributed by atoms with E-state index in [1.165, 1.54) is 6.92 Å². The monoisotopic (exact) mass is 259 g/mol. The van der Waals surface area contributed by atoms with Gasteiger partial charge in [-0.25, -0.2) is 4.98 Å². The maximum atomic E-state index is 10.8. The van der Waals surface area contributed by atoms with Crippen molar-refractivity contribution in [2.75, 3.05) is 25.5 Å². The van der Waals surface area contributed by atoms with Crippen LogP contribution in [0.3, 0.4) is 0 Å². The summed E-state index contributed by atoms with van der Waals surface area (Å²) in [5.74, 6) is 1.56. The number of pyridine rings is 1. The van der Waals surface area contributed by atoms with Crippen molar-refractivity contribution in [3.63, 3.8) is 0 Å². The maximum Gasteiger partial charge on any atom is 0.216 e. The van der Waals surface area contributed by atoms with Crippen LogP contribution < -0.4 is 15.4 Å². The number of benzene rings is 1. The molecule has 1 amide bonds. The lowest BCUT2D eigenvalue weighted by Crippen LogP contribution is -2.26. The highest BCUT2D eigenvalue weighted by molar-refractivity contribution is 5.92. The van der Waals surface area contributed by atoms with Crippen molar-refractivity contribution in [1.29, 1.82) is 0 Å². The second kappa shape index (κ2) is 6.04. The lowest BCUT2D eigenvalue weighted by molar-refractivity contribution is -0.118. The van der Waals surface area contributed by atoms with Gasteiger partial charge in [0.2, 0.25) is 5.91 Å². The summed E-state index contributed by atoms with van der Waals surface area (Å²) < 4.78 is 5.22. The largest absolute Gasteiger partial charge is 0.497 e. The van der Waals surface area contributed by atoms with Gasteiger partial charge >= 0.3 is 0 Å². The molecule has 0 spiro atoms. The molecule has 0 aliphatic carbocycles. The van der Waals surface area contributed by atoms with Gasteiger partial charge in [0.25, 0.3) is 0 Å². The van der Waals surface area contributed by atoms with Gasteiger partial charge in [0.15, 0.2) is 0 Å². The minimum atomic E-state index is -0.0330. The molecule has 5 heteroatoms. The number of carbonyl (C=O) groups is 1. The van der Waals surface area contributed by atoms with Crippen LogP contribution in [0.1, 0.15) is 6.92 Å². The van der Waals surface area contributed by atoms with E-state index in [0.717, 1.165) is 22.3 Å². The zero-order valence-corrected chi connectivity index (χ0v) is 11.1. The second-order valence-electron chi connectivity index (χ2n) is 4.16. The minimum absolute atomic E-state index is 0.0330. The normalized spacial score (nSPS) is 10.2. The summed E-state index contributed by atoms with van der Waals surface area (Å²) in [5.41, 5.74) is 0. The van der Waals surface area contributed by atoms with Crippen LogP contribution in [0.25, 0.3) is 10.8 Å². The summed E-state index contributed by atoms with van der Waals surface area (Å²) in [6.07, 6.45) is 1.76. The zero-order valence-electron chi connectivity index (χ0n) is 11.1. The van der Waals surface area contributed by atoms with Crippen LogP contribution in [-0.2, 0) is 4.79 Å². The molecule has 0 radical (unpaired) electrons. The Balaban J connectivity index is 2.15. The molecule has 0 unspecified atom stereocenters. The van der Waals surface area contributed by atoms with Crippen molar-refractivity contribution in [1.82, 2.24) is 10.3 Å². The molecule has 19 heavy (non-hydrogen) atoms. The number of nitrogens with zero attached hydrogens (tertiary/aromatic N) is 1. The quantitative estimate of drug-likeness (QED) is 0.804. The number of aromatic nitrogens is 1. The van der Waals surface area contributed by atoms with Crippen LogP contribution in [0.15, 0.2) is 30.5 Å². The zero-order chi connectivity index (χ0) is 13.7. The summed E-state index contributed by atoms with van der Waals surface area (Å²) >= 11 is 0. The molecule has 2 aromatic rings. The van der Waals surface area contributed by atoms with E-state index in [2.05, 4.69) is 15.6 Å². The number of carbonyl (C=O) groups excluding carboxylic acids is 1. The summed E-state index contributed by atoms with van der Waals surface area (Å²) in [6, 6.07) is 7.81. The molecule has 0 atom stereocenters. The fraction of sp³-hybridized carbons (Fsp3) is 0.286. The van der Waals surface area contributed by atoms with Crippen molar-refractivity contribution in [2.45, 2.75) is 6.92 Å². The van der Waals surface area contributed by atoms with E-state index >= 15 is 0 Å². The lowest BCUT2D eigenvalue weighted by Gasteiger charge is -2.10. The fourth-order valence-corrected chi connectivity index (χ4v) is 1.83. The predicted octanol–water partition coefficient (Wildman–Crippen LogP) is 1.79. The Morgan fingerprint density at radius 1 is 1.32 bits per heavy atom. The van der Waals surface area contributed by atoms with Gasteiger partial charge in [-0.2, -0.15) is 0 Å². The molecule has 0 saturated heterocycles. The molecule has 1 heterocycles. The van der Waals surface area contributed by atoms with Gasteiger partial charge in [0.05, 0.1) is 7.11 Å². The topological polar surface area (TPSA) is 63.2 Å². The van der Waals surface area contributed by atoms with Crippen molar-refractivity contribution in [3.05, 3.63) is 30.5 Å². The minimum Gasteiger partial charge on any atom is -0.497 e. The molecule has 0 bridgehead atoms. The van der Waals surface area contributed by atoms with Gasteiger partial charge in [-0.15, -0.1) is 0 Å². The molecule has 2 rings (SSSR count). The van der Waals surface area contributed by atoms with Crippen LogP contribution in [0.2, 0.25) is 0 Å². The van der Waals surface area contributed by atoms with Gasteiger partial charge in [0.1, 0.15) is 11.6 Å². The second-order valence-corrected chi connectivity index (χ2v) is 4.16. The van der Waals surface area contributed by atoms with Crippen LogP contribution in [-0.4, -0.2) is 31.1 Å². The number of hydrogen-bond acceptors (Lipinski definition) is 4. The Morgan fingerprint density at radius 2 is 2.16 bits per heavy atom. The molecule has 0 fully saturated rings. The molecule has 0 saturated carbocycles. The smallest absolute Gasteiger partial charge is 0.216 e. The van der Waals surface area contributed by atoms with Crippen LogP contribution in [0, 0.1) is 0 Å². The summed E-state index contributed by atoms with van der Waals surface area (Å²) in [7, 11) is 1.64. The SMILES string of the molecule is COc1ccc2ccnc(NCCNC(C)=O)c2c1. The number of ether oxygens (including phenoxy) is 1. The standard InChI is InChI=1S/C14H17N3O2/c1-10(18)15-7-8-17-14-13-9-12(19-2)4-3-11(13)5-6-16-14/h3-6,9H,7-8H2,1-2H3,(H,15,18)(H,16,17). The van der Waals surface area contributed by atoms with Crippen molar-refractivity contribution >= 4 is 22.5 Å². The number of rotatable bonds is 5. The average molecular weight is 259 g/mol. The predicted molar refractivity (Wildman–Crippen MR) is 75.5 cm³/mol. The van der Waals surface area contributed by atoms with Crippen molar-refractivity contribution < 1.29 is 9.53 Å². The first-order valence-corrected chi connectivity index (χ1v) is 6.12. The highest BCUT2D eigenvalue weighted by Crippen LogP contribution is 2.25. The Kier molecular flexibility index (Phi) is 4.18. The number of fused-ring (bicyclic) bond motifs is 1. The van der Waals surface area contributed by atoms with E-state index in [4.69, 9.17) is 4.74 Å². The highest BCUT2D eigenvalue weighted by atomic mass is 16.5. The van der Waals surface area contributed by atoms with E-state index in [1.54, 1.807) is 13.3 Å². The molecular formula is C14H17N3O2. The van der Waals surface area contributed by atoms with Gasteiger partial charge in [-0.3, -0.25) is 4.79 Å². The molecule has 5 nitrogen and oxygen atoms in total. The number of hydrogen-bond donors (Lipinski definition) is 2. The van der Waals surface area contributed by atoms with E-state index in [0.29, 0.717) is 13.1 Å². The Hall–Kier alpha value is -2.30. The first-order chi connectivity index (χ1) is 9.20. The number of nitrogens with one attached hydrogen (secondary N) is 2. The summed E-state index contributed by atoms with van der Waals surface area (Å²) in [4.78, 5) is 15.1. The van der Waals surface area contributed by atoms with E-state index in [9.17, 15) is 4.79 Å². The van der Waals surface area contributed by atoms with E-state index in [-0.39, 0.29) is 5.91 Å². The third-order valence-corrected chi connectivity index (χ3v) is 2.76. The molecule has 0 aliphatic heterocycles. The first kappa shape index (κ1) is 13.1. The maximum absolute atomic E-state index is 10.8. The summed E-state index contributed by atoms with van der Waals surface area (Å²) in [5, 5.41) is 8.04. The Bertz CT molecular complexity index is 584. The van der Waals surface area contributed by atoms with Crippen molar-refractivity contribution in [2.24, 2.45) is 0 Å². The molecule has 1 aromatic heterocycles. The first-order valence-electron chi connectivity index (χ1n) is 6.12. The number of anilines is 1. The lowest BCUT2D eigenvalue weighted by atomic mass is 10.1. The fourth-order valence-electron chi connectivity index (χ4n) is 1.83. The average Bonchev–Trinajstić information content (AvgIpc) is 2.43. The van der Waals surface area contributed by atoms with Crippen LogP contribution >= 0.6 is 0 Å². The Labute approximate surface area is 112 Å². The van der Waals surface area contributed by atoms with Gasteiger partial charge in [0, 0.05) is 31.6 Å². The van der Waals surface area contributed by atoms with Gasteiger partial charge < -0.3 is 15.4 Å². The molecule has 1 aromatic carbocycles. The number of amides is 1. The van der Waals surface area contributed by atoms with Crippen LogP contribution in [0.4, 0.5) is 5.82 Å². The van der Waals surface area contributed by atoms with Gasteiger partial charge in [-0.1, -0.05) is 6.07 Å². The third-order valence-electron chi connectivity index (χ3n) is 2.76. The molecule has 100 valence electrons. The van der Waals surface area contributed by atoms with Gasteiger partial charge in [-0.05, 0) is 23.6 Å². The Morgan fingerprint density at radius 3 is 2.89 bits per heavy atom. The highest BCUT2D eigenvalue weighted by Gasteiger charge is 2.03. The third kappa shape index (κ3) is 3.34. The van der Waals surface area contributed by atoms with Crippen molar-refractivity contribution in [3.8, 4) is 5.75 Å². The molecule has 2 N–H and O–H groups in total. The van der Waals surface area contributed by atoms with Crippen LogP contribution in [0.5, 0.6) is 5.75 Å². The summed E-state index contributed by atoms with van der Waals surface area (Å²) in [6.45, 7) is 2.70. The number of methoxy groups -OCH3 is 1.